The average Bonchev–Trinajstić information content (AvgIpc) is 3.19. The third kappa shape index (κ3) is 4.93. The molecular formula is C26H26F2N6O3. The average molecular weight is 509 g/mol. The number of para-hydroxylation sites is 1. The summed E-state index contributed by atoms with van der Waals surface area (Å²) < 4.78 is 32.3. The van der Waals surface area contributed by atoms with Crippen LogP contribution in [0.15, 0.2) is 49.1 Å². The van der Waals surface area contributed by atoms with Crippen molar-refractivity contribution in [2.75, 3.05) is 18.0 Å². The van der Waals surface area contributed by atoms with Gasteiger partial charge in [-0.05, 0) is 32.8 Å². The molecular weight excluding hydrogens is 482 g/mol. The Hall–Kier alpha value is -4.15. The Balaban J connectivity index is 1.39. The minimum absolute atomic E-state index is 0.131. The summed E-state index contributed by atoms with van der Waals surface area (Å²) in [6, 6.07) is 6.72. The van der Waals surface area contributed by atoms with Crippen LogP contribution < -0.4 is 9.64 Å². The molecule has 9 nitrogen and oxygen atoms in total. The van der Waals surface area contributed by atoms with E-state index in [1.165, 1.54) is 6.07 Å². The zero-order chi connectivity index (χ0) is 26.2. The lowest BCUT2D eigenvalue weighted by Gasteiger charge is -2.36. The number of piperidine rings is 1. The van der Waals surface area contributed by atoms with Gasteiger partial charge in [0.15, 0.2) is 5.65 Å². The highest BCUT2D eigenvalue weighted by Gasteiger charge is 2.37. The number of aryl methyl sites for hydroxylation is 1. The fourth-order valence-electron chi connectivity index (χ4n) is 4.56. The lowest BCUT2D eigenvalue weighted by molar-refractivity contribution is -0.149. The Morgan fingerprint density at radius 2 is 1.84 bits per heavy atom. The number of rotatable bonds is 7. The topological polar surface area (TPSA) is 106 Å². The monoisotopic (exact) mass is 508 g/mol. The summed E-state index contributed by atoms with van der Waals surface area (Å²) in [5.41, 5.74) is 3.47. The van der Waals surface area contributed by atoms with Gasteiger partial charge in [0.05, 0.1) is 28.7 Å². The summed E-state index contributed by atoms with van der Waals surface area (Å²) >= 11 is 0. The number of imidazole rings is 1. The summed E-state index contributed by atoms with van der Waals surface area (Å²) in [7, 11) is 0. The molecule has 4 aromatic rings. The molecule has 3 aromatic heterocycles. The van der Waals surface area contributed by atoms with Gasteiger partial charge >= 0.3 is 12.6 Å². The van der Waals surface area contributed by atoms with Crippen molar-refractivity contribution in [3.8, 4) is 17.0 Å². The Morgan fingerprint density at radius 3 is 2.51 bits per heavy atom. The molecule has 4 heterocycles. The standard InChI is InChI=1S/C26H26F2N6O3/c1-16-20(11-17-5-3-4-6-21(17)37-24(27)28)34-15-19(29-14-22(34)32-16)18-12-30-25(31-13-18)33-9-7-26(2,8-10-33)23(35)36/h3-6,12-15,24H,7-11H2,1-2H3,(H,35,36). The molecule has 0 saturated carbocycles. The Labute approximate surface area is 211 Å². The number of hydrogen-bond acceptors (Lipinski definition) is 7. The third-order valence-corrected chi connectivity index (χ3v) is 6.95. The number of carboxylic acid groups (broad SMARTS) is 1. The van der Waals surface area contributed by atoms with Crippen LogP contribution >= 0.6 is 0 Å². The summed E-state index contributed by atoms with van der Waals surface area (Å²) in [5.74, 6) is -0.0948. The van der Waals surface area contributed by atoms with E-state index in [2.05, 4.69) is 19.9 Å². The van der Waals surface area contributed by atoms with Crippen molar-refractivity contribution in [2.45, 2.75) is 39.7 Å². The van der Waals surface area contributed by atoms with Crippen LogP contribution in [0.4, 0.5) is 14.7 Å². The van der Waals surface area contributed by atoms with Gasteiger partial charge in [-0.25, -0.2) is 15.0 Å². The first kappa shape index (κ1) is 24.5. The lowest BCUT2D eigenvalue weighted by Crippen LogP contribution is -2.43. The number of hydrogen-bond donors (Lipinski definition) is 1. The van der Waals surface area contributed by atoms with Gasteiger partial charge in [0.1, 0.15) is 5.75 Å². The van der Waals surface area contributed by atoms with Crippen LogP contribution in [0.3, 0.4) is 0 Å². The van der Waals surface area contributed by atoms with Crippen LogP contribution in [-0.2, 0) is 11.2 Å². The highest BCUT2D eigenvalue weighted by atomic mass is 19.3. The molecule has 0 amide bonds. The molecule has 1 saturated heterocycles. The number of carbonyl (C=O) groups is 1. The van der Waals surface area contributed by atoms with Gasteiger partial charge in [-0.2, -0.15) is 8.78 Å². The molecule has 5 rings (SSSR count). The molecule has 0 radical (unpaired) electrons. The van der Waals surface area contributed by atoms with Crippen LogP contribution in [0.1, 0.15) is 36.7 Å². The first-order valence-corrected chi connectivity index (χ1v) is 11.9. The highest BCUT2D eigenvalue weighted by Crippen LogP contribution is 2.32. The van der Waals surface area contributed by atoms with E-state index in [0.717, 1.165) is 11.4 Å². The fraction of sp³-hybridized carbons (Fsp3) is 0.346. The number of halogens is 2. The molecule has 0 unspecified atom stereocenters. The molecule has 0 atom stereocenters. The van der Waals surface area contributed by atoms with E-state index in [1.807, 2.05) is 22.4 Å². The van der Waals surface area contributed by atoms with Gasteiger partial charge in [0, 0.05) is 49.2 Å². The molecule has 192 valence electrons. The second kappa shape index (κ2) is 9.72. The minimum Gasteiger partial charge on any atom is -0.481 e. The summed E-state index contributed by atoms with van der Waals surface area (Å²) in [6.45, 7) is 1.87. The SMILES string of the molecule is Cc1nc2cnc(-c3cnc(N4CCC(C)(C(=O)O)CC4)nc3)cn2c1Cc1ccccc1OC(F)F. The van der Waals surface area contributed by atoms with E-state index in [4.69, 9.17) is 4.74 Å². The molecule has 1 aromatic carbocycles. The van der Waals surface area contributed by atoms with E-state index < -0.39 is 18.0 Å². The van der Waals surface area contributed by atoms with E-state index in [-0.39, 0.29) is 5.75 Å². The summed E-state index contributed by atoms with van der Waals surface area (Å²) in [6.07, 6.45) is 8.27. The number of nitrogens with zero attached hydrogens (tertiary/aromatic N) is 6. The van der Waals surface area contributed by atoms with Crippen molar-refractivity contribution in [1.82, 2.24) is 24.3 Å². The van der Waals surface area contributed by atoms with Crippen LogP contribution in [-0.4, -0.2) is 55.1 Å². The van der Waals surface area contributed by atoms with E-state index in [9.17, 15) is 18.7 Å². The van der Waals surface area contributed by atoms with Crippen LogP contribution in [0.5, 0.6) is 5.75 Å². The number of alkyl halides is 2. The molecule has 0 bridgehead atoms. The van der Waals surface area contributed by atoms with Crippen molar-refractivity contribution in [3.63, 3.8) is 0 Å². The Bertz CT molecular complexity index is 1430. The third-order valence-electron chi connectivity index (χ3n) is 6.95. The first-order chi connectivity index (χ1) is 17.7. The van der Waals surface area contributed by atoms with E-state index >= 15 is 0 Å². The van der Waals surface area contributed by atoms with Gasteiger partial charge in [0.2, 0.25) is 5.95 Å². The maximum atomic E-state index is 12.9. The second-order valence-corrected chi connectivity index (χ2v) is 9.43. The normalized spacial score (nSPS) is 15.3. The molecule has 0 aliphatic carbocycles. The quantitative estimate of drug-likeness (QED) is 0.392. The van der Waals surface area contributed by atoms with Crippen molar-refractivity contribution in [1.29, 1.82) is 0 Å². The van der Waals surface area contributed by atoms with Gasteiger partial charge in [-0.3, -0.25) is 14.2 Å². The number of aromatic nitrogens is 5. The predicted octanol–water partition coefficient (Wildman–Crippen LogP) is 4.38. The molecule has 0 spiro atoms. The predicted molar refractivity (Wildman–Crippen MR) is 132 cm³/mol. The van der Waals surface area contributed by atoms with Crippen molar-refractivity contribution in [3.05, 3.63) is 66.0 Å². The number of aliphatic carboxylic acids is 1. The van der Waals surface area contributed by atoms with Crippen molar-refractivity contribution < 1.29 is 23.4 Å². The van der Waals surface area contributed by atoms with Crippen LogP contribution in [0.2, 0.25) is 0 Å². The van der Waals surface area contributed by atoms with Gasteiger partial charge in [-0.1, -0.05) is 18.2 Å². The number of fused-ring (bicyclic) bond motifs is 1. The number of anilines is 1. The second-order valence-electron chi connectivity index (χ2n) is 9.43. The zero-order valence-electron chi connectivity index (χ0n) is 20.4. The van der Waals surface area contributed by atoms with Gasteiger partial charge in [-0.15, -0.1) is 0 Å². The Kier molecular flexibility index (Phi) is 6.45. The largest absolute Gasteiger partial charge is 0.481 e. The van der Waals surface area contributed by atoms with Crippen molar-refractivity contribution in [2.24, 2.45) is 5.41 Å². The maximum Gasteiger partial charge on any atom is 0.387 e. The molecule has 37 heavy (non-hydrogen) atoms. The smallest absolute Gasteiger partial charge is 0.387 e. The molecule has 11 heteroatoms. The number of carboxylic acids is 1. The highest BCUT2D eigenvalue weighted by molar-refractivity contribution is 5.74. The first-order valence-electron chi connectivity index (χ1n) is 11.9. The minimum atomic E-state index is -2.91. The van der Waals surface area contributed by atoms with E-state index in [0.29, 0.717) is 60.8 Å². The zero-order valence-corrected chi connectivity index (χ0v) is 20.4. The van der Waals surface area contributed by atoms with Crippen LogP contribution in [0.25, 0.3) is 16.9 Å². The molecule has 1 aliphatic rings. The molecule has 1 N–H and O–H groups in total. The number of ether oxygens (including phenoxy) is 1. The van der Waals surface area contributed by atoms with Gasteiger partial charge < -0.3 is 14.7 Å². The fourth-order valence-corrected chi connectivity index (χ4v) is 4.56. The lowest BCUT2D eigenvalue weighted by atomic mass is 9.80. The summed E-state index contributed by atoms with van der Waals surface area (Å²) in [5, 5.41) is 9.44. The van der Waals surface area contributed by atoms with E-state index in [1.54, 1.807) is 43.7 Å². The molecule has 1 aliphatic heterocycles. The van der Waals surface area contributed by atoms with Crippen LogP contribution in [0, 0.1) is 12.3 Å². The van der Waals surface area contributed by atoms with Crippen molar-refractivity contribution >= 4 is 17.6 Å². The summed E-state index contributed by atoms with van der Waals surface area (Å²) in [4.78, 5) is 31.6. The Morgan fingerprint density at radius 1 is 1.14 bits per heavy atom. The number of benzene rings is 1. The molecule has 1 fully saturated rings. The van der Waals surface area contributed by atoms with Gasteiger partial charge in [0.25, 0.3) is 0 Å². The maximum absolute atomic E-state index is 12.9.